The molecule has 116 valence electrons. The van der Waals surface area contributed by atoms with Gasteiger partial charge < -0.3 is 9.64 Å². The van der Waals surface area contributed by atoms with E-state index in [1.54, 1.807) is 0 Å². The van der Waals surface area contributed by atoms with E-state index in [0.717, 1.165) is 6.42 Å². The predicted molar refractivity (Wildman–Crippen MR) is 80.8 cm³/mol. The van der Waals surface area contributed by atoms with Gasteiger partial charge in [0, 0.05) is 13.1 Å². The van der Waals surface area contributed by atoms with Crippen LogP contribution in [-0.4, -0.2) is 53.7 Å². The highest BCUT2D eigenvalue weighted by Crippen LogP contribution is 2.29. The third kappa shape index (κ3) is 3.87. The molecule has 1 saturated heterocycles. The first kappa shape index (κ1) is 15.6. The third-order valence-corrected chi connectivity index (χ3v) is 4.48. The summed E-state index contributed by atoms with van der Waals surface area (Å²) in [4.78, 5) is 16.7. The first-order valence-corrected chi connectivity index (χ1v) is 8.08. The van der Waals surface area contributed by atoms with E-state index in [1.807, 2.05) is 32.7 Å². The number of carbonyl (C=O) groups excluding carboxylic acids is 1. The molecule has 1 amide bonds. The van der Waals surface area contributed by atoms with Gasteiger partial charge in [-0.3, -0.25) is 4.90 Å². The van der Waals surface area contributed by atoms with Gasteiger partial charge in [-0.25, -0.2) is 4.79 Å². The van der Waals surface area contributed by atoms with Crippen LogP contribution in [0.5, 0.6) is 0 Å². The molecule has 2 fully saturated rings. The summed E-state index contributed by atoms with van der Waals surface area (Å²) >= 11 is 0. The average molecular weight is 282 g/mol. The van der Waals surface area contributed by atoms with Gasteiger partial charge in [-0.1, -0.05) is 12.8 Å². The zero-order valence-corrected chi connectivity index (χ0v) is 13.5. The fourth-order valence-electron chi connectivity index (χ4n) is 3.51. The lowest BCUT2D eigenvalue weighted by Gasteiger charge is -2.42. The van der Waals surface area contributed by atoms with Crippen molar-refractivity contribution in [2.45, 2.75) is 77.0 Å². The van der Waals surface area contributed by atoms with Crippen LogP contribution in [0.4, 0.5) is 4.79 Å². The van der Waals surface area contributed by atoms with Gasteiger partial charge in [-0.2, -0.15) is 0 Å². The zero-order chi connectivity index (χ0) is 14.8. The van der Waals surface area contributed by atoms with E-state index in [9.17, 15) is 4.79 Å². The summed E-state index contributed by atoms with van der Waals surface area (Å²) in [6.45, 7) is 8.18. The smallest absolute Gasteiger partial charge is 0.410 e. The molecule has 0 spiro atoms. The van der Waals surface area contributed by atoms with Crippen LogP contribution >= 0.6 is 0 Å². The minimum absolute atomic E-state index is 0.173. The molecule has 20 heavy (non-hydrogen) atoms. The second-order valence-electron chi connectivity index (χ2n) is 7.25. The highest BCUT2D eigenvalue weighted by Gasteiger charge is 2.36. The summed E-state index contributed by atoms with van der Waals surface area (Å²) in [5.41, 5.74) is -0.414. The molecule has 2 rings (SSSR count). The van der Waals surface area contributed by atoms with Crippen molar-refractivity contribution in [3.8, 4) is 0 Å². The molecule has 1 heterocycles. The van der Waals surface area contributed by atoms with E-state index in [0.29, 0.717) is 12.1 Å². The monoisotopic (exact) mass is 282 g/mol. The van der Waals surface area contributed by atoms with Gasteiger partial charge in [-0.05, 0) is 59.5 Å². The zero-order valence-electron chi connectivity index (χ0n) is 13.5. The lowest BCUT2D eigenvalue weighted by atomic mass is 9.88. The number of hydrogen-bond acceptors (Lipinski definition) is 3. The molecule has 0 aromatic carbocycles. The Morgan fingerprint density at radius 1 is 1.10 bits per heavy atom. The van der Waals surface area contributed by atoms with Crippen LogP contribution in [0.1, 0.15) is 59.3 Å². The molecule has 0 N–H and O–H groups in total. The van der Waals surface area contributed by atoms with Gasteiger partial charge in [0.05, 0.1) is 6.04 Å². The summed E-state index contributed by atoms with van der Waals surface area (Å²) in [7, 11) is 1.91. The van der Waals surface area contributed by atoms with E-state index < -0.39 is 5.60 Å². The second-order valence-corrected chi connectivity index (χ2v) is 7.25. The molecule has 1 saturated carbocycles. The number of likely N-dealkylation sites (tertiary alicyclic amines) is 1. The fourth-order valence-corrected chi connectivity index (χ4v) is 3.51. The lowest BCUT2D eigenvalue weighted by molar-refractivity contribution is 0.00509. The van der Waals surface area contributed by atoms with Crippen molar-refractivity contribution in [2.75, 3.05) is 20.1 Å². The predicted octanol–water partition coefficient (Wildman–Crippen LogP) is 3.26. The number of rotatable bonds is 2. The van der Waals surface area contributed by atoms with Crippen molar-refractivity contribution in [1.29, 1.82) is 0 Å². The van der Waals surface area contributed by atoms with Gasteiger partial charge in [0.15, 0.2) is 0 Å². The van der Waals surface area contributed by atoms with Gasteiger partial charge in [0.25, 0.3) is 0 Å². The summed E-state index contributed by atoms with van der Waals surface area (Å²) in [5.74, 6) is 0. The van der Waals surface area contributed by atoms with Crippen LogP contribution in [0.3, 0.4) is 0 Å². The van der Waals surface area contributed by atoms with Crippen LogP contribution in [0, 0.1) is 0 Å². The number of hydrogen-bond donors (Lipinski definition) is 0. The van der Waals surface area contributed by atoms with E-state index in [1.165, 1.54) is 45.2 Å². The van der Waals surface area contributed by atoms with Crippen LogP contribution in [0.2, 0.25) is 0 Å². The van der Waals surface area contributed by atoms with Crippen molar-refractivity contribution in [2.24, 2.45) is 0 Å². The Bertz CT molecular complexity index is 332. The quantitative estimate of drug-likeness (QED) is 0.779. The molecule has 2 aliphatic rings. The largest absolute Gasteiger partial charge is 0.444 e. The number of carbonyl (C=O) groups is 1. The Morgan fingerprint density at radius 2 is 1.70 bits per heavy atom. The molecule has 1 aliphatic carbocycles. The standard InChI is InChI=1S/C16H30N2O2/c1-16(2,3)20-15(19)17(4)13-9-5-6-10-14(13)18-11-7-8-12-18/h13-14H,5-12H2,1-4H3. The van der Waals surface area contributed by atoms with Crippen molar-refractivity contribution in [3.05, 3.63) is 0 Å². The normalized spacial score (nSPS) is 28.4. The highest BCUT2D eigenvalue weighted by molar-refractivity contribution is 5.68. The molecule has 0 aromatic heterocycles. The summed E-state index contributed by atoms with van der Waals surface area (Å²) in [6, 6.07) is 0.848. The topological polar surface area (TPSA) is 32.8 Å². The van der Waals surface area contributed by atoms with Crippen LogP contribution in [-0.2, 0) is 4.74 Å². The molecule has 0 bridgehead atoms. The Hall–Kier alpha value is -0.770. The molecular weight excluding hydrogens is 252 g/mol. The third-order valence-electron chi connectivity index (χ3n) is 4.48. The Balaban J connectivity index is 2.01. The van der Waals surface area contributed by atoms with Crippen molar-refractivity contribution < 1.29 is 9.53 Å². The molecule has 2 atom stereocenters. The fraction of sp³-hybridized carbons (Fsp3) is 0.938. The van der Waals surface area contributed by atoms with Crippen molar-refractivity contribution >= 4 is 6.09 Å². The highest BCUT2D eigenvalue weighted by atomic mass is 16.6. The van der Waals surface area contributed by atoms with Gasteiger partial charge >= 0.3 is 6.09 Å². The number of likely N-dealkylation sites (N-methyl/N-ethyl adjacent to an activating group) is 1. The summed E-state index contributed by atoms with van der Waals surface area (Å²) in [6.07, 6.45) is 7.28. The SMILES string of the molecule is CN(C(=O)OC(C)(C)C)C1CCCCC1N1CCCC1. The van der Waals surface area contributed by atoms with Crippen LogP contribution < -0.4 is 0 Å². The number of ether oxygens (including phenoxy) is 1. The molecule has 0 radical (unpaired) electrons. The summed E-state index contributed by atoms with van der Waals surface area (Å²) in [5, 5.41) is 0. The van der Waals surface area contributed by atoms with E-state index in [-0.39, 0.29) is 6.09 Å². The number of amides is 1. The van der Waals surface area contributed by atoms with E-state index >= 15 is 0 Å². The average Bonchev–Trinajstić information content (AvgIpc) is 2.89. The Morgan fingerprint density at radius 3 is 2.30 bits per heavy atom. The molecular formula is C16H30N2O2. The van der Waals surface area contributed by atoms with E-state index in [4.69, 9.17) is 4.74 Å². The minimum atomic E-state index is -0.414. The molecule has 1 aliphatic heterocycles. The van der Waals surface area contributed by atoms with Gasteiger partial charge in [-0.15, -0.1) is 0 Å². The van der Waals surface area contributed by atoms with E-state index in [2.05, 4.69) is 4.90 Å². The summed E-state index contributed by atoms with van der Waals surface area (Å²) < 4.78 is 5.53. The van der Waals surface area contributed by atoms with Gasteiger partial charge in [0.2, 0.25) is 0 Å². The maximum Gasteiger partial charge on any atom is 0.410 e. The molecule has 2 unspecified atom stereocenters. The first-order chi connectivity index (χ1) is 9.38. The maximum atomic E-state index is 12.3. The van der Waals surface area contributed by atoms with Crippen molar-refractivity contribution in [3.63, 3.8) is 0 Å². The van der Waals surface area contributed by atoms with Crippen LogP contribution in [0.15, 0.2) is 0 Å². The van der Waals surface area contributed by atoms with Crippen molar-refractivity contribution in [1.82, 2.24) is 9.80 Å². The molecule has 4 nitrogen and oxygen atoms in total. The Labute approximate surface area is 123 Å². The minimum Gasteiger partial charge on any atom is -0.444 e. The Kier molecular flexibility index (Phi) is 4.95. The lowest BCUT2D eigenvalue weighted by Crippen LogP contribution is -2.53. The second kappa shape index (κ2) is 6.33. The molecule has 4 heteroatoms. The van der Waals surface area contributed by atoms with Crippen LogP contribution in [0.25, 0.3) is 0 Å². The maximum absolute atomic E-state index is 12.3. The first-order valence-electron chi connectivity index (χ1n) is 8.08. The number of nitrogens with zero attached hydrogens (tertiary/aromatic N) is 2. The van der Waals surface area contributed by atoms with Gasteiger partial charge in [0.1, 0.15) is 5.60 Å². The molecule has 0 aromatic rings.